The Balaban J connectivity index is 2.29. The van der Waals surface area contributed by atoms with Crippen LogP contribution in [0, 0.1) is 6.92 Å². The summed E-state index contributed by atoms with van der Waals surface area (Å²) >= 11 is 11.3. The van der Waals surface area contributed by atoms with Crippen molar-refractivity contribution in [3.05, 3.63) is 28.8 Å². The van der Waals surface area contributed by atoms with E-state index in [1.54, 1.807) is 0 Å². The summed E-state index contributed by atoms with van der Waals surface area (Å²) in [6, 6.07) is 5.85. The first kappa shape index (κ1) is 15.3. The second-order valence-corrected chi connectivity index (χ2v) is 5.22. The number of benzene rings is 1. The van der Waals surface area contributed by atoms with Gasteiger partial charge in [-0.3, -0.25) is 0 Å². The van der Waals surface area contributed by atoms with Crippen LogP contribution in [-0.4, -0.2) is 11.7 Å². The predicted molar refractivity (Wildman–Crippen MR) is 84.6 cm³/mol. The highest BCUT2D eigenvalue weighted by Gasteiger charge is 2.00. The molecule has 1 aromatic rings. The van der Waals surface area contributed by atoms with E-state index in [1.165, 1.54) is 19.3 Å². The fourth-order valence-electron chi connectivity index (χ4n) is 1.60. The van der Waals surface area contributed by atoms with Gasteiger partial charge >= 0.3 is 0 Å². The SMILES string of the molecule is CCCCCCNC(=S)Nc1ccc(C)c(Cl)c1. The molecule has 0 aliphatic rings. The zero-order valence-electron chi connectivity index (χ0n) is 11.1. The maximum absolute atomic E-state index is 6.06. The van der Waals surface area contributed by atoms with E-state index in [-0.39, 0.29) is 0 Å². The van der Waals surface area contributed by atoms with Crippen LogP contribution in [-0.2, 0) is 0 Å². The van der Waals surface area contributed by atoms with Gasteiger partial charge in [-0.25, -0.2) is 0 Å². The molecule has 0 aromatic heterocycles. The number of unbranched alkanes of at least 4 members (excludes halogenated alkanes) is 3. The predicted octanol–water partition coefficient (Wildman–Crippen LogP) is 4.52. The first-order valence-corrected chi connectivity index (χ1v) is 7.23. The quantitative estimate of drug-likeness (QED) is 0.593. The Morgan fingerprint density at radius 3 is 2.72 bits per heavy atom. The second-order valence-electron chi connectivity index (χ2n) is 4.41. The molecular formula is C14H21ClN2S. The molecule has 0 atom stereocenters. The molecule has 0 bridgehead atoms. The fraction of sp³-hybridized carbons (Fsp3) is 0.500. The van der Waals surface area contributed by atoms with Crippen LogP contribution in [0.1, 0.15) is 38.2 Å². The molecule has 0 fully saturated rings. The minimum atomic E-state index is 0.659. The fourth-order valence-corrected chi connectivity index (χ4v) is 2.00. The van der Waals surface area contributed by atoms with E-state index < -0.39 is 0 Å². The smallest absolute Gasteiger partial charge is 0.170 e. The van der Waals surface area contributed by atoms with Gasteiger partial charge < -0.3 is 10.6 Å². The van der Waals surface area contributed by atoms with Crippen LogP contribution in [0.2, 0.25) is 5.02 Å². The van der Waals surface area contributed by atoms with Crippen molar-refractivity contribution in [3.63, 3.8) is 0 Å². The van der Waals surface area contributed by atoms with Gasteiger partial charge in [0.1, 0.15) is 0 Å². The van der Waals surface area contributed by atoms with Gasteiger partial charge in [0, 0.05) is 17.3 Å². The third kappa shape index (κ3) is 5.69. The molecule has 2 N–H and O–H groups in total. The van der Waals surface area contributed by atoms with Crippen LogP contribution in [0.25, 0.3) is 0 Å². The van der Waals surface area contributed by atoms with Crippen molar-refractivity contribution in [2.75, 3.05) is 11.9 Å². The molecule has 0 saturated heterocycles. The zero-order chi connectivity index (χ0) is 13.4. The number of hydrogen-bond donors (Lipinski definition) is 2. The average molecular weight is 285 g/mol. The maximum atomic E-state index is 6.06. The van der Waals surface area contributed by atoms with E-state index in [1.807, 2.05) is 25.1 Å². The zero-order valence-corrected chi connectivity index (χ0v) is 12.6. The summed E-state index contributed by atoms with van der Waals surface area (Å²) in [5.41, 5.74) is 2.00. The standard InChI is InChI=1S/C14H21ClN2S/c1-3-4-5-6-9-16-14(18)17-12-8-7-11(2)13(15)10-12/h7-8,10H,3-6,9H2,1-2H3,(H2,16,17,18). The van der Waals surface area contributed by atoms with Crippen molar-refractivity contribution in [1.29, 1.82) is 0 Å². The highest BCUT2D eigenvalue weighted by atomic mass is 35.5. The third-order valence-electron chi connectivity index (χ3n) is 2.75. The molecule has 0 aliphatic heterocycles. The normalized spacial score (nSPS) is 10.2. The minimum absolute atomic E-state index is 0.659. The first-order chi connectivity index (χ1) is 8.63. The highest BCUT2D eigenvalue weighted by molar-refractivity contribution is 7.80. The van der Waals surface area contributed by atoms with E-state index in [0.29, 0.717) is 5.11 Å². The number of thiocarbonyl (C=S) groups is 1. The summed E-state index contributed by atoms with van der Waals surface area (Å²) in [5.74, 6) is 0. The molecule has 0 unspecified atom stereocenters. The van der Waals surface area contributed by atoms with Crippen LogP contribution in [0.15, 0.2) is 18.2 Å². The lowest BCUT2D eigenvalue weighted by atomic mass is 10.2. The molecule has 0 amide bonds. The second kappa shape index (κ2) is 8.33. The van der Waals surface area contributed by atoms with Crippen molar-refractivity contribution in [2.24, 2.45) is 0 Å². The molecule has 18 heavy (non-hydrogen) atoms. The lowest BCUT2D eigenvalue weighted by Crippen LogP contribution is -2.29. The number of nitrogens with one attached hydrogen (secondary N) is 2. The Labute approximate surface area is 120 Å². The van der Waals surface area contributed by atoms with Crippen molar-refractivity contribution in [1.82, 2.24) is 5.32 Å². The first-order valence-electron chi connectivity index (χ1n) is 6.44. The molecule has 4 heteroatoms. The van der Waals surface area contributed by atoms with Gasteiger partial charge in [0.2, 0.25) is 0 Å². The van der Waals surface area contributed by atoms with E-state index >= 15 is 0 Å². The Bertz CT molecular complexity index is 393. The van der Waals surface area contributed by atoms with E-state index in [9.17, 15) is 0 Å². The molecule has 0 spiro atoms. The Morgan fingerprint density at radius 2 is 2.06 bits per heavy atom. The molecule has 0 aliphatic carbocycles. The summed E-state index contributed by atoms with van der Waals surface area (Å²) in [7, 11) is 0. The number of hydrogen-bond acceptors (Lipinski definition) is 1. The third-order valence-corrected chi connectivity index (χ3v) is 3.40. The van der Waals surface area contributed by atoms with Crippen LogP contribution in [0.3, 0.4) is 0 Å². The largest absolute Gasteiger partial charge is 0.362 e. The molecule has 1 aromatic carbocycles. The van der Waals surface area contributed by atoms with Crippen LogP contribution in [0.4, 0.5) is 5.69 Å². The van der Waals surface area contributed by atoms with E-state index in [4.69, 9.17) is 23.8 Å². The number of halogens is 1. The lowest BCUT2D eigenvalue weighted by molar-refractivity contribution is 0.655. The van der Waals surface area contributed by atoms with Gasteiger partial charge in [0.05, 0.1) is 0 Å². The average Bonchev–Trinajstić information content (AvgIpc) is 2.34. The van der Waals surface area contributed by atoms with Gasteiger partial charge in [-0.15, -0.1) is 0 Å². The summed E-state index contributed by atoms with van der Waals surface area (Å²) in [4.78, 5) is 0. The Hall–Kier alpha value is -0.800. The van der Waals surface area contributed by atoms with Gasteiger partial charge in [0.25, 0.3) is 0 Å². The maximum Gasteiger partial charge on any atom is 0.170 e. The minimum Gasteiger partial charge on any atom is -0.362 e. The molecule has 0 radical (unpaired) electrons. The topological polar surface area (TPSA) is 24.1 Å². The molecule has 1 rings (SSSR count). The van der Waals surface area contributed by atoms with Crippen molar-refractivity contribution in [3.8, 4) is 0 Å². The molecule has 100 valence electrons. The number of anilines is 1. The van der Waals surface area contributed by atoms with Crippen molar-refractivity contribution >= 4 is 34.6 Å². The van der Waals surface area contributed by atoms with Gasteiger partial charge in [-0.05, 0) is 43.3 Å². The summed E-state index contributed by atoms with van der Waals surface area (Å²) in [6.07, 6.45) is 4.95. The number of aryl methyl sites for hydroxylation is 1. The Morgan fingerprint density at radius 1 is 1.28 bits per heavy atom. The summed E-state index contributed by atoms with van der Waals surface area (Å²) < 4.78 is 0. The van der Waals surface area contributed by atoms with Crippen molar-refractivity contribution < 1.29 is 0 Å². The highest BCUT2D eigenvalue weighted by Crippen LogP contribution is 2.19. The lowest BCUT2D eigenvalue weighted by Gasteiger charge is -2.11. The molecule has 0 saturated carbocycles. The van der Waals surface area contributed by atoms with Crippen molar-refractivity contribution in [2.45, 2.75) is 39.5 Å². The number of rotatable bonds is 6. The van der Waals surface area contributed by atoms with E-state index in [2.05, 4.69) is 17.6 Å². The van der Waals surface area contributed by atoms with Crippen LogP contribution in [0.5, 0.6) is 0 Å². The van der Waals surface area contributed by atoms with Gasteiger partial charge in [-0.2, -0.15) is 0 Å². The van der Waals surface area contributed by atoms with Gasteiger partial charge in [-0.1, -0.05) is 43.9 Å². The van der Waals surface area contributed by atoms with E-state index in [0.717, 1.165) is 29.2 Å². The molecule has 0 heterocycles. The van der Waals surface area contributed by atoms with Gasteiger partial charge in [0.15, 0.2) is 5.11 Å². The molecule has 2 nitrogen and oxygen atoms in total. The molecular weight excluding hydrogens is 264 g/mol. The van der Waals surface area contributed by atoms with Crippen LogP contribution < -0.4 is 10.6 Å². The monoisotopic (exact) mass is 284 g/mol. The summed E-state index contributed by atoms with van der Waals surface area (Å²) in [6.45, 7) is 5.11. The Kier molecular flexibility index (Phi) is 7.06. The van der Waals surface area contributed by atoms with Crippen LogP contribution >= 0.6 is 23.8 Å². The summed E-state index contributed by atoms with van der Waals surface area (Å²) in [5, 5.41) is 7.75.